The Morgan fingerprint density at radius 2 is 2.25 bits per heavy atom. The molecule has 0 aromatic carbocycles. The van der Waals surface area contributed by atoms with E-state index in [0.717, 1.165) is 12.8 Å². The molecule has 0 unspecified atom stereocenters. The molecule has 4 heteroatoms. The van der Waals surface area contributed by atoms with Crippen LogP contribution in [0.2, 0.25) is 0 Å². The van der Waals surface area contributed by atoms with Crippen LogP contribution in [0, 0.1) is 0 Å². The SMILES string of the molecule is CCCCOC(=O)c1cccn1CCOC. The van der Waals surface area contributed by atoms with Crippen LogP contribution in [0.1, 0.15) is 30.3 Å². The van der Waals surface area contributed by atoms with Crippen molar-refractivity contribution in [1.82, 2.24) is 4.57 Å². The molecule has 0 spiro atoms. The Morgan fingerprint density at radius 3 is 2.94 bits per heavy atom. The molecule has 1 aromatic rings. The van der Waals surface area contributed by atoms with E-state index in [-0.39, 0.29) is 5.97 Å². The fourth-order valence-corrected chi connectivity index (χ4v) is 1.37. The first kappa shape index (κ1) is 12.8. The van der Waals surface area contributed by atoms with Crippen molar-refractivity contribution in [1.29, 1.82) is 0 Å². The fourth-order valence-electron chi connectivity index (χ4n) is 1.37. The number of hydrogen-bond acceptors (Lipinski definition) is 3. The number of carbonyl (C=O) groups excluding carboxylic acids is 1. The summed E-state index contributed by atoms with van der Waals surface area (Å²) in [7, 11) is 1.64. The van der Waals surface area contributed by atoms with Crippen LogP contribution >= 0.6 is 0 Å². The highest BCUT2D eigenvalue weighted by Crippen LogP contribution is 2.05. The lowest BCUT2D eigenvalue weighted by Gasteiger charge is -2.08. The molecule has 0 amide bonds. The Hall–Kier alpha value is -1.29. The number of nitrogens with zero attached hydrogens (tertiary/aromatic N) is 1. The number of esters is 1. The molecule has 1 rings (SSSR count). The van der Waals surface area contributed by atoms with Gasteiger partial charge in [0, 0.05) is 19.9 Å². The smallest absolute Gasteiger partial charge is 0.354 e. The molecule has 4 nitrogen and oxygen atoms in total. The number of ether oxygens (including phenoxy) is 2. The summed E-state index contributed by atoms with van der Waals surface area (Å²) in [6.07, 6.45) is 3.79. The average molecular weight is 225 g/mol. The predicted octanol–water partition coefficient (Wildman–Crippen LogP) is 2.09. The Bertz CT molecular complexity index is 320. The zero-order valence-electron chi connectivity index (χ0n) is 9.94. The van der Waals surface area contributed by atoms with Gasteiger partial charge in [0.2, 0.25) is 0 Å². The third kappa shape index (κ3) is 3.70. The summed E-state index contributed by atoms with van der Waals surface area (Å²) in [5.74, 6) is -0.255. The van der Waals surface area contributed by atoms with Crippen molar-refractivity contribution in [2.45, 2.75) is 26.3 Å². The molecular weight excluding hydrogens is 206 g/mol. The standard InChI is InChI=1S/C12H19NO3/c1-3-4-9-16-12(14)11-6-5-7-13(11)8-10-15-2/h5-7H,3-4,8-10H2,1-2H3. The monoisotopic (exact) mass is 225 g/mol. The second-order valence-corrected chi connectivity index (χ2v) is 3.57. The van der Waals surface area contributed by atoms with E-state index in [9.17, 15) is 4.79 Å². The molecule has 1 heterocycles. The van der Waals surface area contributed by atoms with E-state index in [4.69, 9.17) is 9.47 Å². The minimum atomic E-state index is -0.255. The zero-order valence-corrected chi connectivity index (χ0v) is 9.94. The fraction of sp³-hybridized carbons (Fsp3) is 0.583. The number of aromatic nitrogens is 1. The van der Waals surface area contributed by atoms with E-state index in [1.165, 1.54) is 0 Å². The molecule has 0 atom stereocenters. The first-order valence-corrected chi connectivity index (χ1v) is 5.60. The Labute approximate surface area is 96.2 Å². The van der Waals surface area contributed by atoms with Crippen LogP contribution in [-0.4, -0.2) is 30.9 Å². The Kier molecular flexibility index (Phi) is 5.64. The maximum Gasteiger partial charge on any atom is 0.354 e. The molecule has 0 N–H and O–H groups in total. The lowest BCUT2D eigenvalue weighted by Crippen LogP contribution is -2.14. The molecule has 0 aliphatic heterocycles. The van der Waals surface area contributed by atoms with Gasteiger partial charge < -0.3 is 14.0 Å². The summed E-state index contributed by atoms with van der Waals surface area (Å²) in [5, 5.41) is 0. The van der Waals surface area contributed by atoms with Crippen molar-refractivity contribution in [3.8, 4) is 0 Å². The van der Waals surface area contributed by atoms with Crippen molar-refractivity contribution in [3.63, 3.8) is 0 Å². The largest absolute Gasteiger partial charge is 0.461 e. The van der Waals surface area contributed by atoms with Gasteiger partial charge in [-0.3, -0.25) is 0 Å². The van der Waals surface area contributed by atoms with Crippen LogP contribution in [0.5, 0.6) is 0 Å². The van der Waals surface area contributed by atoms with Gasteiger partial charge in [0.25, 0.3) is 0 Å². The van der Waals surface area contributed by atoms with E-state index in [1.807, 2.05) is 16.8 Å². The summed E-state index contributed by atoms with van der Waals surface area (Å²) >= 11 is 0. The molecule has 90 valence electrons. The topological polar surface area (TPSA) is 40.5 Å². The van der Waals surface area contributed by atoms with E-state index in [2.05, 4.69) is 6.92 Å². The van der Waals surface area contributed by atoms with Crippen molar-refractivity contribution < 1.29 is 14.3 Å². The second-order valence-electron chi connectivity index (χ2n) is 3.57. The van der Waals surface area contributed by atoms with Gasteiger partial charge in [-0.05, 0) is 18.6 Å². The van der Waals surface area contributed by atoms with Gasteiger partial charge in [-0.15, -0.1) is 0 Å². The highest BCUT2D eigenvalue weighted by atomic mass is 16.5. The molecule has 0 saturated heterocycles. The van der Waals surface area contributed by atoms with Gasteiger partial charge in [0.05, 0.1) is 13.2 Å². The first-order valence-electron chi connectivity index (χ1n) is 5.60. The van der Waals surface area contributed by atoms with Crippen LogP contribution in [0.15, 0.2) is 18.3 Å². The second kappa shape index (κ2) is 7.06. The number of hydrogen-bond donors (Lipinski definition) is 0. The van der Waals surface area contributed by atoms with E-state index < -0.39 is 0 Å². The van der Waals surface area contributed by atoms with Gasteiger partial charge in [-0.1, -0.05) is 13.3 Å². The van der Waals surface area contributed by atoms with Gasteiger partial charge in [-0.25, -0.2) is 4.79 Å². The normalized spacial score (nSPS) is 10.4. The molecular formula is C12H19NO3. The molecule has 0 saturated carbocycles. The molecule has 0 bridgehead atoms. The van der Waals surface area contributed by atoms with Crippen molar-refractivity contribution >= 4 is 5.97 Å². The van der Waals surface area contributed by atoms with Crippen molar-refractivity contribution in [2.24, 2.45) is 0 Å². The Morgan fingerprint density at radius 1 is 1.44 bits per heavy atom. The zero-order chi connectivity index (χ0) is 11.8. The van der Waals surface area contributed by atoms with Crippen LogP contribution in [0.3, 0.4) is 0 Å². The summed E-state index contributed by atoms with van der Waals surface area (Å²) < 4.78 is 12.0. The number of rotatable bonds is 7. The summed E-state index contributed by atoms with van der Waals surface area (Å²) in [5.41, 5.74) is 0.591. The van der Waals surface area contributed by atoms with Gasteiger partial charge >= 0.3 is 5.97 Å². The van der Waals surface area contributed by atoms with Crippen LogP contribution in [0.4, 0.5) is 0 Å². The quantitative estimate of drug-likeness (QED) is 0.527. The van der Waals surface area contributed by atoms with Crippen LogP contribution in [-0.2, 0) is 16.0 Å². The first-order chi connectivity index (χ1) is 7.79. The highest BCUT2D eigenvalue weighted by molar-refractivity contribution is 5.87. The number of unbranched alkanes of at least 4 members (excludes halogenated alkanes) is 1. The Balaban J connectivity index is 2.50. The molecule has 0 radical (unpaired) electrons. The highest BCUT2D eigenvalue weighted by Gasteiger charge is 2.11. The molecule has 0 aliphatic rings. The predicted molar refractivity (Wildman–Crippen MR) is 61.5 cm³/mol. The van der Waals surface area contributed by atoms with Crippen LogP contribution < -0.4 is 0 Å². The maximum atomic E-state index is 11.7. The summed E-state index contributed by atoms with van der Waals surface area (Å²) in [6, 6.07) is 3.61. The van der Waals surface area contributed by atoms with Gasteiger partial charge in [-0.2, -0.15) is 0 Å². The number of carbonyl (C=O) groups is 1. The number of methoxy groups -OCH3 is 1. The average Bonchev–Trinajstić information content (AvgIpc) is 2.74. The lowest BCUT2D eigenvalue weighted by molar-refractivity contribution is 0.0485. The van der Waals surface area contributed by atoms with Crippen molar-refractivity contribution in [3.05, 3.63) is 24.0 Å². The molecule has 16 heavy (non-hydrogen) atoms. The molecule has 0 aliphatic carbocycles. The molecule has 1 aromatic heterocycles. The molecule has 0 fully saturated rings. The third-order valence-corrected chi connectivity index (χ3v) is 2.31. The summed E-state index contributed by atoms with van der Waals surface area (Å²) in [4.78, 5) is 11.7. The van der Waals surface area contributed by atoms with E-state index >= 15 is 0 Å². The van der Waals surface area contributed by atoms with E-state index in [1.54, 1.807) is 13.2 Å². The van der Waals surface area contributed by atoms with Gasteiger partial charge in [0.1, 0.15) is 5.69 Å². The van der Waals surface area contributed by atoms with Crippen LogP contribution in [0.25, 0.3) is 0 Å². The third-order valence-electron chi connectivity index (χ3n) is 2.31. The maximum absolute atomic E-state index is 11.7. The lowest BCUT2D eigenvalue weighted by atomic mass is 10.3. The minimum Gasteiger partial charge on any atom is -0.461 e. The van der Waals surface area contributed by atoms with Crippen molar-refractivity contribution in [2.75, 3.05) is 20.3 Å². The summed E-state index contributed by atoms with van der Waals surface area (Å²) in [6.45, 7) is 3.81. The van der Waals surface area contributed by atoms with E-state index in [0.29, 0.717) is 25.5 Å². The van der Waals surface area contributed by atoms with Gasteiger partial charge in [0.15, 0.2) is 0 Å². The minimum absolute atomic E-state index is 0.255.